The van der Waals surface area contributed by atoms with Crippen LogP contribution in [-0.2, 0) is 16.6 Å². The third kappa shape index (κ3) is 5.22. The lowest BCUT2D eigenvalue weighted by molar-refractivity contribution is 0.571. The summed E-state index contributed by atoms with van der Waals surface area (Å²) in [5.74, 6) is -0.473. The Bertz CT molecular complexity index is 559. The van der Waals surface area contributed by atoms with Gasteiger partial charge in [0.25, 0.3) is 0 Å². The molecule has 7 heteroatoms. The second-order valence-electron chi connectivity index (χ2n) is 4.16. The molecule has 4 nitrogen and oxygen atoms in total. The van der Waals surface area contributed by atoms with Crippen LogP contribution in [0.4, 0.5) is 4.39 Å². The lowest BCUT2D eigenvalue weighted by atomic mass is 10.1. The van der Waals surface area contributed by atoms with Gasteiger partial charge in [0, 0.05) is 17.7 Å². The van der Waals surface area contributed by atoms with Gasteiger partial charge in [-0.25, -0.2) is 17.5 Å². The van der Waals surface area contributed by atoms with Gasteiger partial charge in [0.1, 0.15) is 10.8 Å². The fourth-order valence-electron chi connectivity index (χ4n) is 1.44. The fraction of sp³-hybridized carbons (Fsp3) is 0.417. The molecule has 0 aliphatic heterocycles. The van der Waals surface area contributed by atoms with E-state index in [2.05, 4.69) is 4.72 Å². The van der Waals surface area contributed by atoms with Crippen LogP contribution < -0.4 is 10.5 Å². The van der Waals surface area contributed by atoms with Crippen molar-refractivity contribution in [2.75, 3.05) is 5.75 Å². The van der Waals surface area contributed by atoms with E-state index < -0.39 is 15.8 Å². The van der Waals surface area contributed by atoms with Gasteiger partial charge >= 0.3 is 0 Å². The molecule has 19 heavy (non-hydrogen) atoms. The molecule has 1 aromatic carbocycles. The molecule has 0 aliphatic rings. The number of thiocarbonyl (C=S) groups is 1. The van der Waals surface area contributed by atoms with Crippen LogP contribution in [0.15, 0.2) is 18.2 Å². The number of benzene rings is 1. The second-order valence-corrected chi connectivity index (χ2v) is 6.53. The Morgan fingerprint density at radius 3 is 2.68 bits per heavy atom. The van der Waals surface area contributed by atoms with Crippen molar-refractivity contribution in [3.05, 3.63) is 35.1 Å². The highest BCUT2D eigenvalue weighted by Gasteiger charge is 2.11. The molecule has 1 rings (SSSR count). The average molecular weight is 304 g/mol. The number of nitrogens with two attached hydrogens (primary N) is 1. The Morgan fingerprint density at radius 1 is 1.47 bits per heavy atom. The third-order valence-corrected chi connectivity index (χ3v) is 4.23. The molecule has 0 unspecified atom stereocenters. The van der Waals surface area contributed by atoms with E-state index >= 15 is 0 Å². The molecule has 0 fully saturated rings. The summed E-state index contributed by atoms with van der Waals surface area (Å²) in [6.45, 7) is 1.83. The Hall–Kier alpha value is -1.05. The summed E-state index contributed by atoms with van der Waals surface area (Å²) in [5, 5.41) is 0. The first kappa shape index (κ1) is 16.0. The largest absolute Gasteiger partial charge is 0.389 e. The predicted octanol–water partition coefficient (Wildman–Crippen LogP) is 1.68. The van der Waals surface area contributed by atoms with Gasteiger partial charge in [-0.15, -0.1) is 0 Å². The second kappa shape index (κ2) is 6.93. The van der Waals surface area contributed by atoms with E-state index in [-0.39, 0.29) is 22.8 Å². The van der Waals surface area contributed by atoms with Crippen LogP contribution >= 0.6 is 12.2 Å². The molecule has 0 aliphatic carbocycles. The molecular formula is C12H17FN2O2S2. The van der Waals surface area contributed by atoms with Crippen molar-refractivity contribution in [3.8, 4) is 0 Å². The van der Waals surface area contributed by atoms with Crippen molar-refractivity contribution < 1.29 is 12.8 Å². The van der Waals surface area contributed by atoms with Gasteiger partial charge in [0.15, 0.2) is 0 Å². The van der Waals surface area contributed by atoms with Gasteiger partial charge in [0.2, 0.25) is 10.0 Å². The van der Waals surface area contributed by atoms with E-state index in [1.807, 2.05) is 6.92 Å². The quantitative estimate of drug-likeness (QED) is 0.752. The van der Waals surface area contributed by atoms with Crippen molar-refractivity contribution in [3.63, 3.8) is 0 Å². The molecule has 1 aromatic rings. The molecule has 0 heterocycles. The summed E-state index contributed by atoms with van der Waals surface area (Å²) in [5.41, 5.74) is 6.07. The first-order chi connectivity index (χ1) is 8.85. The Kier molecular flexibility index (Phi) is 5.84. The van der Waals surface area contributed by atoms with Crippen LogP contribution in [-0.4, -0.2) is 19.2 Å². The van der Waals surface area contributed by atoms with Crippen LogP contribution in [0.2, 0.25) is 0 Å². The predicted molar refractivity (Wildman–Crippen MR) is 77.8 cm³/mol. The molecule has 0 saturated heterocycles. The summed E-state index contributed by atoms with van der Waals surface area (Å²) in [6.07, 6.45) is 1.37. The maximum atomic E-state index is 13.7. The topological polar surface area (TPSA) is 72.2 Å². The highest BCUT2D eigenvalue weighted by Crippen LogP contribution is 2.11. The zero-order valence-electron chi connectivity index (χ0n) is 10.6. The van der Waals surface area contributed by atoms with Crippen molar-refractivity contribution >= 4 is 27.2 Å². The van der Waals surface area contributed by atoms with Crippen LogP contribution in [0.5, 0.6) is 0 Å². The summed E-state index contributed by atoms with van der Waals surface area (Å²) in [7, 11) is -3.35. The lowest BCUT2D eigenvalue weighted by Crippen LogP contribution is -2.26. The van der Waals surface area contributed by atoms with Crippen LogP contribution in [0, 0.1) is 5.82 Å². The van der Waals surface area contributed by atoms with Crippen LogP contribution in [0.25, 0.3) is 0 Å². The van der Waals surface area contributed by atoms with Crippen molar-refractivity contribution in [1.29, 1.82) is 0 Å². The van der Waals surface area contributed by atoms with E-state index in [4.69, 9.17) is 18.0 Å². The van der Waals surface area contributed by atoms with Gasteiger partial charge in [0.05, 0.1) is 5.75 Å². The number of rotatable bonds is 7. The van der Waals surface area contributed by atoms with E-state index in [0.29, 0.717) is 12.0 Å². The maximum absolute atomic E-state index is 13.7. The van der Waals surface area contributed by atoms with Gasteiger partial charge in [-0.2, -0.15) is 0 Å². The smallest absolute Gasteiger partial charge is 0.211 e. The number of nitrogens with one attached hydrogen (secondary N) is 1. The summed E-state index contributed by atoms with van der Waals surface area (Å²) < 4.78 is 39.2. The molecule has 0 bridgehead atoms. The third-order valence-electron chi connectivity index (χ3n) is 2.59. The van der Waals surface area contributed by atoms with E-state index in [0.717, 1.165) is 6.42 Å². The molecule has 3 N–H and O–H groups in total. The van der Waals surface area contributed by atoms with Gasteiger partial charge in [-0.3, -0.25) is 0 Å². The number of sulfonamides is 1. The minimum absolute atomic E-state index is 0.0517. The number of hydrogen-bond donors (Lipinski definition) is 2. The molecular weight excluding hydrogens is 287 g/mol. The van der Waals surface area contributed by atoms with E-state index in [1.54, 1.807) is 6.07 Å². The molecule has 106 valence electrons. The zero-order chi connectivity index (χ0) is 14.5. The minimum Gasteiger partial charge on any atom is -0.389 e. The number of unbranched alkanes of at least 4 members (excludes halogenated alkanes) is 1. The van der Waals surface area contributed by atoms with Crippen molar-refractivity contribution in [2.45, 2.75) is 26.3 Å². The Balaban J connectivity index is 2.71. The Morgan fingerprint density at radius 2 is 2.16 bits per heavy atom. The lowest BCUT2D eigenvalue weighted by Gasteiger charge is -2.08. The zero-order valence-corrected chi connectivity index (χ0v) is 12.3. The van der Waals surface area contributed by atoms with E-state index in [1.165, 1.54) is 12.1 Å². The Labute approximate surface area is 118 Å². The normalized spacial score (nSPS) is 11.5. The summed E-state index contributed by atoms with van der Waals surface area (Å²) in [4.78, 5) is 0.106. The van der Waals surface area contributed by atoms with Gasteiger partial charge < -0.3 is 5.73 Å². The minimum atomic E-state index is -3.35. The SMILES string of the molecule is CCCCS(=O)(=O)NCc1ccc(C(N)=S)cc1F. The molecule has 0 saturated carbocycles. The highest BCUT2D eigenvalue weighted by atomic mass is 32.2. The molecule has 0 amide bonds. The highest BCUT2D eigenvalue weighted by molar-refractivity contribution is 7.89. The monoisotopic (exact) mass is 304 g/mol. The number of hydrogen-bond acceptors (Lipinski definition) is 3. The number of halogens is 1. The van der Waals surface area contributed by atoms with Crippen LogP contribution in [0.1, 0.15) is 30.9 Å². The van der Waals surface area contributed by atoms with Crippen molar-refractivity contribution in [2.24, 2.45) is 5.73 Å². The standard InChI is InChI=1S/C12H17FN2O2S2/c1-2-3-6-19(16,17)15-8-10-5-4-9(12(14)18)7-11(10)13/h4-5,7,15H,2-3,6,8H2,1H3,(H2,14,18). The van der Waals surface area contributed by atoms with E-state index in [9.17, 15) is 12.8 Å². The van der Waals surface area contributed by atoms with Gasteiger partial charge in [-0.05, 0) is 12.5 Å². The molecule has 0 spiro atoms. The molecule has 0 aromatic heterocycles. The average Bonchev–Trinajstić information content (AvgIpc) is 2.35. The van der Waals surface area contributed by atoms with Gasteiger partial charge in [-0.1, -0.05) is 37.7 Å². The van der Waals surface area contributed by atoms with Crippen LogP contribution in [0.3, 0.4) is 0 Å². The first-order valence-electron chi connectivity index (χ1n) is 5.91. The fourth-order valence-corrected chi connectivity index (χ4v) is 2.75. The summed E-state index contributed by atoms with van der Waals surface area (Å²) in [6, 6.07) is 4.26. The molecule has 0 radical (unpaired) electrons. The maximum Gasteiger partial charge on any atom is 0.211 e. The van der Waals surface area contributed by atoms with Crippen molar-refractivity contribution in [1.82, 2.24) is 4.72 Å². The molecule has 0 atom stereocenters. The summed E-state index contributed by atoms with van der Waals surface area (Å²) >= 11 is 4.74. The first-order valence-corrected chi connectivity index (χ1v) is 7.97.